The summed E-state index contributed by atoms with van der Waals surface area (Å²) >= 11 is 7.88. The summed E-state index contributed by atoms with van der Waals surface area (Å²) < 4.78 is 7.94. The molecule has 1 aromatic carbocycles. The van der Waals surface area contributed by atoms with Crippen LogP contribution in [0.2, 0.25) is 5.02 Å². The van der Waals surface area contributed by atoms with Gasteiger partial charge in [0.05, 0.1) is 12.1 Å². The third kappa shape index (κ3) is 4.31. The average molecular weight is 497 g/mol. The third-order valence-corrected chi connectivity index (χ3v) is 8.42. The van der Waals surface area contributed by atoms with Gasteiger partial charge in [0.2, 0.25) is 0 Å². The predicted molar refractivity (Wildman–Crippen MR) is 135 cm³/mol. The molecule has 3 heterocycles. The van der Waals surface area contributed by atoms with Crippen LogP contribution in [0.4, 0.5) is 0 Å². The highest BCUT2D eigenvalue weighted by molar-refractivity contribution is 7.15. The van der Waals surface area contributed by atoms with Crippen molar-refractivity contribution in [1.29, 1.82) is 0 Å². The van der Waals surface area contributed by atoms with Crippen LogP contribution in [0.5, 0.6) is 0 Å². The van der Waals surface area contributed by atoms with Gasteiger partial charge < -0.3 is 4.74 Å². The van der Waals surface area contributed by atoms with Crippen molar-refractivity contribution < 1.29 is 9.53 Å². The molecule has 1 aliphatic heterocycles. The minimum atomic E-state index is -0.485. The molecule has 1 fully saturated rings. The molecule has 0 spiro atoms. The van der Waals surface area contributed by atoms with Crippen LogP contribution < -0.4 is 0 Å². The van der Waals surface area contributed by atoms with E-state index in [0.29, 0.717) is 16.8 Å². The number of hydrogen-bond acceptors (Lipinski definition) is 6. The first-order chi connectivity index (χ1) is 16.3. The molecule has 34 heavy (non-hydrogen) atoms. The number of benzene rings is 1. The van der Waals surface area contributed by atoms with Gasteiger partial charge in [0, 0.05) is 21.0 Å². The fourth-order valence-corrected chi connectivity index (χ4v) is 6.21. The number of ether oxygens (including phenoxy) is 1. The Labute approximate surface area is 209 Å². The molecule has 0 unspecified atom stereocenters. The Kier molecular flexibility index (Phi) is 6.34. The van der Waals surface area contributed by atoms with Crippen LogP contribution in [0.15, 0.2) is 29.3 Å². The topological polar surface area (TPSA) is 69.4 Å². The summed E-state index contributed by atoms with van der Waals surface area (Å²) in [6, 6.07) is 7.22. The molecule has 6 nitrogen and oxygen atoms in total. The Morgan fingerprint density at radius 1 is 1.12 bits per heavy atom. The molecule has 0 bridgehead atoms. The Balaban J connectivity index is 1.55. The van der Waals surface area contributed by atoms with Crippen LogP contribution in [-0.4, -0.2) is 32.5 Å². The molecule has 1 saturated carbocycles. The standard InChI is InChI=1S/C26H29ClN4O2S/c1-14-5-11-20(12-6-14)33-22(32)13-21-25-30-29-17(4)31(25)26-23(15(2)16(3)34-26)24(28-21)18-7-9-19(27)10-8-18/h7-10,14,20-21H,5-6,11-13H2,1-4H3/t14?,20?,21-/m1/s1. The maximum absolute atomic E-state index is 13.0. The van der Waals surface area contributed by atoms with Crippen molar-refractivity contribution in [2.24, 2.45) is 10.9 Å². The second kappa shape index (κ2) is 9.27. The second-order valence-electron chi connectivity index (χ2n) is 9.48. The van der Waals surface area contributed by atoms with Crippen LogP contribution in [0.3, 0.4) is 0 Å². The second-order valence-corrected chi connectivity index (χ2v) is 11.1. The number of thiophene rings is 1. The first-order valence-corrected chi connectivity index (χ1v) is 13.1. The molecular formula is C26H29ClN4O2S. The number of nitrogens with zero attached hydrogens (tertiary/aromatic N) is 4. The monoisotopic (exact) mass is 496 g/mol. The van der Waals surface area contributed by atoms with Crippen LogP contribution in [0.25, 0.3) is 5.00 Å². The zero-order valence-electron chi connectivity index (χ0n) is 20.0. The van der Waals surface area contributed by atoms with E-state index < -0.39 is 6.04 Å². The molecule has 0 saturated heterocycles. The minimum Gasteiger partial charge on any atom is -0.462 e. The summed E-state index contributed by atoms with van der Waals surface area (Å²) in [6.45, 7) is 8.44. The fourth-order valence-electron chi connectivity index (χ4n) is 4.87. The number of fused-ring (bicyclic) bond motifs is 3. The quantitative estimate of drug-likeness (QED) is 0.397. The smallest absolute Gasteiger partial charge is 0.308 e. The maximum Gasteiger partial charge on any atom is 0.308 e. The summed E-state index contributed by atoms with van der Waals surface area (Å²) in [5.41, 5.74) is 4.05. The first-order valence-electron chi connectivity index (χ1n) is 11.9. The summed E-state index contributed by atoms with van der Waals surface area (Å²) in [7, 11) is 0. The largest absolute Gasteiger partial charge is 0.462 e. The van der Waals surface area contributed by atoms with Gasteiger partial charge in [-0.3, -0.25) is 14.4 Å². The normalized spacial score (nSPS) is 21.9. The lowest BCUT2D eigenvalue weighted by atomic mass is 9.89. The van der Waals surface area contributed by atoms with E-state index in [1.165, 1.54) is 10.4 Å². The highest BCUT2D eigenvalue weighted by Gasteiger charge is 2.33. The number of carbonyl (C=O) groups excluding carboxylic acids is 1. The number of aliphatic imine (C=N–C) groups is 1. The summed E-state index contributed by atoms with van der Waals surface area (Å²) in [5.74, 6) is 1.94. The summed E-state index contributed by atoms with van der Waals surface area (Å²) in [4.78, 5) is 19.4. The third-order valence-electron chi connectivity index (χ3n) is 6.98. The molecular weight excluding hydrogens is 468 g/mol. The zero-order chi connectivity index (χ0) is 24.0. The number of aryl methyl sites for hydroxylation is 2. The van der Waals surface area contributed by atoms with Gasteiger partial charge in [0.25, 0.3) is 0 Å². The first kappa shape index (κ1) is 23.2. The van der Waals surface area contributed by atoms with Gasteiger partial charge in [-0.1, -0.05) is 30.7 Å². The van der Waals surface area contributed by atoms with E-state index in [1.54, 1.807) is 11.3 Å². The van der Waals surface area contributed by atoms with Crippen molar-refractivity contribution in [2.45, 2.75) is 71.9 Å². The number of hydrogen-bond donors (Lipinski definition) is 0. The van der Waals surface area contributed by atoms with Gasteiger partial charge in [-0.2, -0.15) is 0 Å². The van der Waals surface area contributed by atoms with Crippen LogP contribution in [0, 0.1) is 26.7 Å². The van der Waals surface area contributed by atoms with E-state index in [1.807, 2.05) is 31.2 Å². The van der Waals surface area contributed by atoms with Gasteiger partial charge in [-0.25, -0.2) is 0 Å². The van der Waals surface area contributed by atoms with Gasteiger partial charge in [-0.05, 0) is 70.1 Å². The molecule has 1 atom stereocenters. The SMILES string of the molecule is Cc1sc2c(c1C)C(c1ccc(Cl)cc1)=N[C@H](CC(=O)OC1CCC(C)CC1)c1nnc(C)n1-2. The van der Waals surface area contributed by atoms with E-state index in [4.69, 9.17) is 21.3 Å². The van der Waals surface area contributed by atoms with Crippen molar-refractivity contribution in [3.05, 3.63) is 62.5 Å². The summed E-state index contributed by atoms with van der Waals surface area (Å²) in [6.07, 6.45) is 4.21. The molecule has 3 aromatic rings. The van der Waals surface area contributed by atoms with Gasteiger partial charge in [0.15, 0.2) is 5.82 Å². The summed E-state index contributed by atoms with van der Waals surface area (Å²) in [5, 5.41) is 10.5. The van der Waals surface area contributed by atoms with Crippen molar-refractivity contribution in [1.82, 2.24) is 14.8 Å². The Morgan fingerprint density at radius 2 is 1.82 bits per heavy atom. The Bertz CT molecular complexity index is 1250. The lowest BCUT2D eigenvalue weighted by Gasteiger charge is -2.26. The van der Waals surface area contributed by atoms with Crippen molar-refractivity contribution >= 4 is 34.6 Å². The minimum absolute atomic E-state index is 0.000290. The van der Waals surface area contributed by atoms with Crippen molar-refractivity contribution in [2.75, 3.05) is 0 Å². The van der Waals surface area contributed by atoms with E-state index in [2.05, 4.69) is 35.5 Å². The number of aromatic nitrogens is 3. The molecule has 0 radical (unpaired) electrons. The molecule has 5 rings (SSSR count). The molecule has 0 N–H and O–H groups in total. The van der Waals surface area contributed by atoms with Crippen LogP contribution >= 0.6 is 22.9 Å². The van der Waals surface area contributed by atoms with Gasteiger partial charge in [-0.15, -0.1) is 21.5 Å². The van der Waals surface area contributed by atoms with E-state index in [-0.39, 0.29) is 18.5 Å². The number of rotatable bonds is 4. The molecule has 178 valence electrons. The molecule has 2 aliphatic rings. The van der Waals surface area contributed by atoms with Crippen molar-refractivity contribution in [3.8, 4) is 5.00 Å². The Hall–Kier alpha value is -2.51. The molecule has 1 aliphatic carbocycles. The fraction of sp³-hybridized carbons (Fsp3) is 0.462. The zero-order valence-corrected chi connectivity index (χ0v) is 21.5. The maximum atomic E-state index is 13.0. The number of esters is 1. The molecule has 2 aromatic heterocycles. The van der Waals surface area contributed by atoms with Gasteiger partial charge >= 0.3 is 5.97 Å². The molecule has 0 amide bonds. The van der Waals surface area contributed by atoms with Gasteiger partial charge in [0.1, 0.15) is 23.0 Å². The highest BCUT2D eigenvalue weighted by atomic mass is 35.5. The lowest BCUT2D eigenvalue weighted by Crippen LogP contribution is -2.24. The number of carbonyl (C=O) groups is 1. The Morgan fingerprint density at radius 3 is 2.53 bits per heavy atom. The van der Waals surface area contributed by atoms with Crippen molar-refractivity contribution in [3.63, 3.8) is 0 Å². The highest BCUT2D eigenvalue weighted by Crippen LogP contribution is 2.40. The average Bonchev–Trinajstić information content (AvgIpc) is 3.28. The predicted octanol–water partition coefficient (Wildman–Crippen LogP) is 6.31. The molecule has 8 heteroatoms. The van der Waals surface area contributed by atoms with E-state index in [0.717, 1.165) is 53.3 Å². The van der Waals surface area contributed by atoms with Crippen LogP contribution in [-0.2, 0) is 9.53 Å². The van der Waals surface area contributed by atoms with E-state index >= 15 is 0 Å². The number of halogens is 1. The lowest BCUT2D eigenvalue weighted by molar-refractivity contribution is -0.151. The van der Waals surface area contributed by atoms with E-state index in [9.17, 15) is 4.79 Å². The van der Waals surface area contributed by atoms with Crippen LogP contribution in [0.1, 0.15) is 78.3 Å².